The van der Waals surface area contributed by atoms with Gasteiger partial charge in [0.05, 0.1) is 17.7 Å². The van der Waals surface area contributed by atoms with Crippen LogP contribution in [0.25, 0.3) is 0 Å². The van der Waals surface area contributed by atoms with Gasteiger partial charge in [0.15, 0.2) is 5.78 Å². The number of carboxylic acids is 1. The Labute approximate surface area is 283 Å². The van der Waals surface area contributed by atoms with E-state index in [-0.39, 0.29) is 41.5 Å². The van der Waals surface area contributed by atoms with Gasteiger partial charge in [-0.1, -0.05) is 75.4 Å². The fourth-order valence-corrected chi connectivity index (χ4v) is 7.41. The van der Waals surface area contributed by atoms with E-state index in [4.69, 9.17) is 10.8 Å². The van der Waals surface area contributed by atoms with Crippen LogP contribution in [-0.4, -0.2) is 80.9 Å². The highest BCUT2D eigenvalue weighted by atomic mass is 35.5. The molecule has 0 radical (unpaired) electrons. The number of benzene rings is 2. The zero-order valence-corrected chi connectivity index (χ0v) is 28.1. The minimum absolute atomic E-state index is 0. The van der Waals surface area contributed by atoms with Gasteiger partial charge >= 0.3 is 5.97 Å². The summed E-state index contributed by atoms with van der Waals surface area (Å²) in [6, 6.07) is 11.6. The standard InChI is InChI=1S/C36H48N4O6.ClH/c1-2-3-20-40-33(43)30(32(42)26-8-6-4-5-7-9-26)38-35(46)36(40)18-21-39(22-19-36)23-24-10-12-25(13-11-24)29(37)31(41)27-14-16-28(17-15-27)34(44)45;/h10-17,26,29-30,32,42H,2-9,18-23,37H2,1H3,(H,38,46)(H,44,45);1H/t29?,30-,32-;/m1./s1. The van der Waals surface area contributed by atoms with Crippen LogP contribution in [0.5, 0.6) is 0 Å². The Bertz CT molecular complexity index is 1390. The third-order valence-corrected chi connectivity index (χ3v) is 10.3. The molecule has 47 heavy (non-hydrogen) atoms. The molecule has 10 nitrogen and oxygen atoms in total. The van der Waals surface area contributed by atoms with Crippen LogP contribution in [0.1, 0.15) is 109 Å². The van der Waals surface area contributed by atoms with Gasteiger partial charge < -0.3 is 26.2 Å². The van der Waals surface area contributed by atoms with Crippen LogP contribution in [0.15, 0.2) is 48.5 Å². The van der Waals surface area contributed by atoms with E-state index in [0.29, 0.717) is 50.1 Å². The summed E-state index contributed by atoms with van der Waals surface area (Å²) >= 11 is 0. The van der Waals surface area contributed by atoms with Gasteiger partial charge in [0.25, 0.3) is 0 Å². The maximum Gasteiger partial charge on any atom is 0.335 e. The van der Waals surface area contributed by atoms with E-state index in [2.05, 4.69) is 17.1 Å². The van der Waals surface area contributed by atoms with Crippen molar-refractivity contribution in [2.45, 2.75) is 101 Å². The fraction of sp³-hybridized carbons (Fsp3) is 0.556. The molecule has 2 aliphatic heterocycles. The van der Waals surface area contributed by atoms with Crippen molar-refractivity contribution in [2.75, 3.05) is 19.6 Å². The third-order valence-electron chi connectivity index (χ3n) is 10.3. The van der Waals surface area contributed by atoms with E-state index < -0.39 is 29.7 Å². The van der Waals surface area contributed by atoms with Crippen LogP contribution in [0, 0.1) is 5.92 Å². The van der Waals surface area contributed by atoms with Gasteiger partial charge in [0.1, 0.15) is 11.6 Å². The van der Waals surface area contributed by atoms with Gasteiger partial charge in [0, 0.05) is 31.7 Å². The molecule has 3 fully saturated rings. The lowest BCUT2D eigenvalue weighted by atomic mass is 9.79. The van der Waals surface area contributed by atoms with E-state index in [9.17, 15) is 24.3 Å². The van der Waals surface area contributed by atoms with Crippen molar-refractivity contribution in [2.24, 2.45) is 11.7 Å². The molecule has 1 saturated carbocycles. The van der Waals surface area contributed by atoms with Crippen molar-refractivity contribution in [3.05, 3.63) is 70.8 Å². The highest BCUT2D eigenvalue weighted by Crippen LogP contribution is 2.36. The number of carboxylic acid groups (broad SMARTS) is 1. The minimum atomic E-state index is -1.05. The van der Waals surface area contributed by atoms with Crippen LogP contribution in [-0.2, 0) is 16.1 Å². The number of halogens is 1. The SMILES string of the molecule is CCCCN1C(=O)[C@@H]([C@H](O)C2CCCCCC2)NC(=O)C12CCN(Cc1ccc(C(N)C(=O)c3ccc(C(=O)O)cc3)cc1)CC2.Cl. The van der Waals surface area contributed by atoms with Gasteiger partial charge in [-0.2, -0.15) is 0 Å². The van der Waals surface area contributed by atoms with Crippen LogP contribution in [0.4, 0.5) is 0 Å². The predicted molar refractivity (Wildman–Crippen MR) is 181 cm³/mol. The number of carbonyl (C=O) groups is 4. The molecule has 2 heterocycles. The summed E-state index contributed by atoms with van der Waals surface area (Å²) in [7, 11) is 0. The monoisotopic (exact) mass is 668 g/mol. The number of amides is 2. The number of piperidine rings is 1. The Hall–Kier alpha value is -3.31. The molecule has 2 aromatic carbocycles. The Morgan fingerprint density at radius 2 is 1.55 bits per heavy atom. The molecule has 1 aliphatic carbocycles. The molecule has 1 unspecified atom stereocenters. The fourth-order valence-electron chi connectivity index (χ4n) is 7.41. The molecule has 0 aromatic heterocycles. The Kier molecular flexibility index (Phi) is 12.6. The zero-order valence-electron chi connectivity index (χ0n) is 27.2. The Morgan fingerprint density at radius 1 is 0.957 bits per heavy atom. The normalized spacial score (nSPS) is 21.8. The van der Waals surface area contributed by atoms with E-state index in [0.717, 1.165) is 56.9 Å². The quantitative estimate of drug-likeness (QED) is 0.202. The molecule has 2 aromatic rings. The number of ketones is 1. The lowest BCUT2D eigenvalue weighted by molar-refractivity contribution is -0.165. The van der Waals surface area contributed by atoms with E-state index in [1.807, 2.05) is 24.3 Å². The number of nitrogens with zero attached hydrogens (tertiary/aromatic N) is 2. The number of unbranched alkanes of at least 4 members (excludes halogenated alkanes) is 1. The lowest BCUT2D eigenvalue weighted by Gasteiger charge is -2.52. The molecule has 11 heteroatoms. The first kappa shape index (κ1) is 36.5. The third kappa shape index (κ3) is 8.05. The summed E-state index contributed by atoms with van der Waals surface area (Å²) in [5, 5.41) is 23.4. The Morgan fingerprint density at radius 3 is 2.13 bits per heavy atom. The second-order valence-electron chi connectivity index (χ2n) is 13.3. The number of aromatic carboxylic acids is 1. The number of likely N-dealkylation sites (tertiary alicyclic amines) is 1. The van der Waals surface area contributed by atoms with Gasteiger partial charge in [0.2, 0.25) is 11.8 Å². The van der Waals surface area contributed by atoms with Crippen molar-refractivity contribution in [3.63, 3.8) is 0 Å². The number of piperazine rings is 1. The maximum absolute atomic E-state index is 13.9. The van der Waals surface area contributed by atoms with Crippen molar-refractivity contribution < 1.29 is 29.4 Å². The molecular weight excluding hydrogens is 620 g/mol. The zero-order chi connectivity index (χ0) is 32.8. The molecule has 3 atom stereocenters. The van der Waals surface area contributed by atoms with E-state index in [1.54, 1.807) is 4.90 Å². The van der Waals surface area contributed by atoms with Gasteiger partial charge in [-0.25, -0.2) is 4.79 Å². The minimum Gasteiger partial charge on any atom is -0.478 e. The smallest absolute Gasteiger partial charge is 0.335 e. The molecule has 3 aliphatic rings. The van der Waals surface area contributed by atoms with Crippen LogP contribution in [0.3, 0.4) is 0 Å². The number of hydrogen-bond acceptors (Lipinski definition) is 7. The molecule has 0 bridgehead atoms. The largest absolute Gasteiger partial charge is 0.478 e. The first-order valence-corrected chi connectivity index (χ1v) is 16.9. The first-order chi connectivity index (χ1) is 22.1. The number of carbonyl (C=O) groups excluding carboxylic acids is 3. The Balaban J connectivity index is 0.00000500. The van der Waals surface area contributed by atoms with Crippen LogP contribution in [0.2, 0.25) is 0 Å². The molecule has 256 valence electrons. The average molecular weight is 669 g/mol. The summed E-state index contributed by atoms with van der Waals surface area (Å²) in [4.78, 5) is 55.9. The summed E-state index contributed by atoms with van der Waals surface area (Å²) in [6.07, 6.45) is 8.09. The van der Waals surface area contributed by atoms with Crippen LogP contribution >= 0.6 is 12.4 Å². The topological polar surface area (TPSA) is 153 Å². The van der Waals surface area contributed by atoms with Crippen molar-refractivity contribution in [1.29, 1.82) is 0 Å². The lowest BCUT2D eigenvalue weighted by Crippen LogP contribution is -2.75. The number of Topliss-reactive ketones (excluding diaryl/α,β-unsaturated/α-hetero) is 1. The van der Waals surface area contributed by atoms with Crippen molar-refractivity contribution >= 4 is 36.0 Å². The maximum atomic E-state index is 13.9. The molecular formula is C36H49ClN4O6. The number of rotatable bonds is 11. The average Bonchev–Trinajstić information content (AvgIpc) is 3.37. The highest BCUT2D eigenvalue weighted by Gasteiger charge is 2.55. The summed E-state index contributed by atoms with van der Waals surface area (Å²) in [5.74, 6) is -1.59. The number of nitrogens with two attached hydrogens (primary N) is 1. The molecule has 2 saturated heterocycles. The second-order valence-corrected chi connectivity index (χ2v) is 13.3. The first-order valence-electron chi connectivity index (χ1n) is 16.9. The number of aliphatic hydroxyl groups is 1. The predicted octanol–water partition coefficient (Wildman–Crippen LogP) is 4.48. The van der Waals surface area contributed by atoms with Gasteiger partial charge in [-0.05, 0) is 61.3 Å². The molecule has 5 N–H and O–H groups in total. The molecule has 1 spiro atoms. The van der Waals surface area contributed by atoms with E-state index >= 15 is 0 Å². The second kappa shape index (κ2) is 16.2. The van der Waals surface area contributed by atoms with Crippen molar-refractivity contribution in [3.8, 4) is 0 Å². The number of nitrogens with one attached hydrogen (secondary N) is 1. The molecule has 2 amide bonds. The number of aliphatic hydroxyl groups excluding tert-OH is 1. The highest BCUT2D eigenvalue weighted by molar-refractivity contribution is 6.01. The van der Waals surface area contributed by atoms with Crippen LogP contribution < -0.4 is 11.1 Å². The summed E-state index contributed by atoms with van der Waals surface area (Å²) in [6.45, 7) is 4.54. The summed E-state index contributed by atoms with van der Waals surface area (Å²) in [5.41, 5.74) is 7.54. The van der Waals surface area contributed by atoms with E-state index in [1.165, 1.54) is 24.3 Å². The molecule has 5 rings (SSSR count). The van der Waals surface area contributed by atoms with Gasteiger partial charge in [-0.3, -0.25) is 19.3 Å². The summed E-state index contributed by atoms with van der Waals surface area (Å²) < 4.78 is 0. The van der Waals surface area contributed by atoms with Crippen molar-refractivity contribution in [1.82, 2.24) is 15.1 Å². The number of hydrogen-bond donors (Lipinski definition) is 4. The van der Waals surface area contributed by atoms with Gasteiger partial charge in [-0.15, -0.1) is 12.4 Å².